The topological polar surface area (TPSA) is 119 Å². The highest BCUT2D eigenvalue weighted by Crippen LogP contribution is 2.15. The summed E-state index contributed by atoms with van der Waals surface area (Å²) in [6.45, 7) is 3.23. The number of carboxylic acids is 1. The molecule has 0 aromatic carbocycles. The van der Waals surface area contributed by atoms with Crippen molar-refractivity contribution >= 4 is 23.8 Å². The molecule has 0 bridgehead atoms. The van der Waals surface area contributed by atoms with Crippen molar-refractivity contribution in [1.29, 1.82) is 0 Å². The van der Waals surface area contributed by atoms with E-state index >= 15 is 0 Å². The number of nitrogens with zero attached hydrogens (tertiary/aromatic N) is 3. The van der Waals surface area contributed by atoms with Crippen LogP contribution in [0.15, 0.2) is 12.2 Å². The van der Waals surface area contributed by atoms with Crippen molar-refractivity contribution in [3.63, 3.8) is 0 Å². The molecular formula is C17H27N4O6. The van der Waals surface area contributed by atoms with Gasteiger partial charge in [0.15, 0.2) is 0 Å². The molecule has 2 N–H and O–H groups in total. The van der Waals surface area contributed by atoms with Crippen molar-refractivity contribution in [2.75, 3.05) is 60.4 Å². The Kier molecular flexibility index (Phi) is 9.45. The predicted molar refractivity (Wildman–Crippen MR) is 96.4 cm³/mol. The Bertz CT molecular complexity index is 570. The molecule has 1 rings (SSSR count). The predicted octanol–water partition coefficient (Wildman–Crippen LogP) is -1.46. The molecule has 0 aromatic rings. The second kappa shape index (κ2) is 11.3. The summed E-state index contributed by atoms with van der Waals surface area (Å²) < 4.78 is 4.99. The van der Waals surface area contributed by atoms with Crippen LogP contribution in [-0.4, -0.2) is 104 Å². The molecule has 1 fully saturated rings. The third kappa shape index (κ3) is 9.15. The van der Waals surface area contributed by atoms with Crippen molar-refractivity contribution in [1.82, 2.24) is 20.0 Å². The number of hydrogen-bond acceptors (Lipinski definition) is 7. The smallest absolute Gasteiger partial charge is 0.332 e. The van der Waals surface area contributed by atoms with E-state index in [-0.39, 0.29) is 6.10 Å². The number of aliphatic carboxylic acids is 1. The highest BCUT2D eigenvalue weighted by atomic mass is 16.5. The zero-order chi connectivity index (χ0) is 20.4. The Morgan fingerprint density at radius 3 is 2.30 bits per heavy atom. The molecule has 0 unspecified atom stereocenters. The van der Waals surface area contributed by atoms with E-state index in [0.717, 1.165) is 0 Å². The number of carbonyl (C=O) groups excluding carboxylic acids is 3. The van der Waals surface area contributed by atoms with Crippen LogP contribution in [0.1, 0.15) is 6.42 Å². The van der Waals surface area contributed by atoms with E-state index in [2.05, 4.69) is 10.2 Å². The van der Waals surface area contributed by atoms with Gasteiger partial charge in [0.05, 0.1) is 6.42 Å². The second-order valence-electron chi connectivity index (χ2n) is 6.44. The van der Waals surface area contributed by atoms with E-state index in [1.807, 2.05) is 26.0 Å². The zero-order valence-corrected chi connectivity index (χ0v) is 15.9. The maximum atomic E-state index is 12.7. The number of likely N-dealkylation sites (N-methyl/N-ethyl adjacent to an activating group) is 2. The molecule has 0 spiro atoms. The minimum Gasteiger partial charge on any atom is -0.478 e. The number of esters is 1. The highest BCUT2D eigenvalue weighted by molar-refractivity contribution is 5.98. The summed E-state index contributed by atoms with van der Waals surface area (Å²) in [4.78, 5) is 52.5. The van der Waals surface area contributed by atoms with Crippen LogP contribution in [0.4, 0.5) is 0 Å². The van der Waals surface area contributed by atoms with Crippen LogP contribution in [0.25, 0.3) is 0 Å². The molecule has 151 valence electrons. The number of piperazine rings is 1. The fourth-order valence-corrected chi connectivity index (χ4v) is 2.26. The molecule has 0 aromatic heterocycles. The number of rotatable bonds is 9. The van der Waals surface area contributed by atoms with Gasteiger partial charge in [-0.25, -0.2) is 9.59 Å². The third-order valence-electron chi connectivity index (χ3n) is 3.82. The molecule has 0 atom stereocenters. The van der Waals surface area contributed by atoms with Gasteiger partial charge in [-0.2, -0.15) is 0 Å². The van der Waals surface area contributed by atoms with Gasteiger partial charge < -0.3 is 29.9 Å². The number of nitrogens with one attached hydrogen (secondary N) is 1. The third-order valence-corrected chi connectivity index (χ3v) is 3.82. The molecule has 2 amide bonds. The maximum Gasteiger partial charge on any atom is 0.332 e. The molecule has 10 heteroatoms. The van der Waals surface area contributed by atoms with E-state index in [0.29, 0.717) is 51.4 Å². The van der Waals surface area contributed by atoms with Gasteiger partial charge in [0.2, 0.25) is 12.0 Å². The van der Waals surface area contributed by atoms with Gasteiger partial charge in [-0.3, -0.25) is 9.59 Å². The minimum atomic E-state index is -1.32. The molecule has 0 aliphatic carbocycles. The van der Waals surface area contributed by atoms with Crippen LogP contribution >= 0.6 is 0 Å². The monoisotopic (exact) mass is 383 g/mol. The fraction of sp³-hybridized carbons (Fsp3) is 0.588. The van der Waals surface area contributed by atoms with Gasteiger partial charge in [-0.05, 0) is 21.1 Å². The van der Waals surface area contributed by atoms with E-state index in [1.54, 1.807) is 0 Å². The zero-order valence-electron chi connectivity index (χ0n) is 15.9. The van der Waals surface area contributed by atoms with Crippen molar-refractivity contribution in [3.8, 4) is 0 Å². The number of amides is 2. The average molecular weight is 383 g/mol. The minimum absolute atomic E-state index is 0.318. The van der Waals surface area contributed by atoms with E-state index < -0.39 is 30.2 Å². The number of hydrogen-bond donors (Lipinski definition) is 2. The molecule has 1 heterocycles. The molecular weight excluding hydrogens is 356 g/mol. The quantitative estimate of drug-likeness (QED) is 0.366. The van der Waals surface area contributed by atoms with Crippen molar-refractivity contribution in [2.24, 2.45) is 0 Å². The summed E-state index contributed by atoms with van der Waals surface area (Å²) in [6, 6.07) is 0. The summed E-state index contributed by atoms with van der Waals surface area (Å²) in [6.07, 6.45) is 0.591. The first-order valence-corrected chi connectivity index (χ1v) is 8.57. The lowest BCUT2D eigenvalue weighted by molar-refractivity contribution is -0.149. The SMILES string of the molecule is CN(C)CCNC(=O)C[C](OC(=O)C=CC(=O)O)C(=O)N1CCN(C)CC1. The van der Waals surface area contributed by atoms with Gasteiger partial charge in [-0.1, -0.05) is 0 Å². The lowest BCUT2D eigenvalue weighted by Gasteiger charge is -2.33. The van der Waals surface area contributed by atoms with Crippen LogP contribution < -0.4 is 5.32 Å². The average Bonchev–Trinajstić information content (AvgIpc) is 2.59. The highest BCUT2D eigenvalue weighted by Gasteiger charge is 2.32. The van der Waals surface area contributed by atoms with Crippen molar-refractivity contribution < 1.29 is 29.0 Å². The summed E-state index contributed by atoms with van der Waals surface area (Å²) in [7, 11) is 5.65. The van der Waals surface area contributed by atoms with Crippen LogP contribution in [-0.2, 0) is 23.9 Å². The van der Waals surface area contributed by atoms with Gasteiger partial charge in [-0.15, -0.1) is 0 Å². The Morgan fingerprint density at radius 2 is 1.74 bits per heavy atom. The Morgan fingerprint density at radius 1 is 1.11 bits per heavy atom. The Balaban J connectivity index is 2.72. The first-order valence-electron chi connectivity index (χ1n) is 8.57. The fourth-order valence-electron chi connectivity index (χ4n) is 2.26. The first-order chi connectivity index (χ1) is 12.7. The second-order valence-corrected chi connectivity index (χ2v) is 6.44. The molecule has 10 nitrogen and oxygen atoms in total. The van der Waals surface area contributed by atoms with E-state index in [1.165, 1.54) is 4.90 Å². The largest absolute Gasteiger partial charge is 0.478 e. The van der Waals surface area contributed by atoms with Gasteiger partial charge >= 0.3 is 11.9 Å². The van der Waals surface area contributed by atoms with Gasteiger partial charge in [0, 0.05) is 51.4 Å². The number of carbonyl (C=O) groups is 4. The van der Waals surface area contributed by atoms with E-state index in [9.17, 15) is 19.2 Å². The lowest BCUT2D eigenvalue weighted by atomic mass is 10.2. The van der Waals surface area contributed by atoms with Gasteiger partial charge in [0.25, 0.3) is 5.91 Å². The van der Waals surface area contributed by atoms with Crippen LogP contribution in [0.5, 0.6) is 0 Å². The summed E-state index contributed by atoms with van der Waals surface area (Å²) >= 11 is 0. The molecule has 1 radical (unpaired) electrons. The Labute approximate surface area is 158 Å². The molecule has 27 heavy (non-hydrogen) atoms. The summed E-state index contributed by atoms with van der Waals surface area (Å²) in [5.41, 5.74) is 0. The van der Waals surface area contributed by atoms with Crippen molar-refractivity contribution in [2.45, 2.75) is 6.42 Å². The maximum absolute atomic E-state index is 12.7. The molecule has 0 saturated carbocycles. The van der Waals surface area contributed by atoms with Crippen LogP contribution in [0.2, 0.25) is 0 Å². The Hall–Kier alpha value is -2.46. The van der Waals surface area contributed by atoms with Gasteiger partial charge in [0.1, 0.15) is 0 Å². The molecule has 1 aliphatic heterocycles. The van der Waals surface area contributed by atoms with Crippen LogP contribution in [0.3, 0.4) is 0 Å². The summed E-state index contributed by atoms with van der Waals surface area (Å²) in [5, 5.41) is 11.2. The first kappa shape index (κ1) is 22.6. The normalized spacial score (nSPS) is 15.4. The number of ether oxygens (including phenoxy) is 1. The molecule has 1 aliphatic rings. The number of carboxylic acid groups (broad SMARTS) is 1. The van der Waals surface area contributed by atoms with E-state index in [4.69, 9.17) is 9.84 Å². The molecule has 1 saturated heterocycles. The lowest BCUT2D eigenvalue weighted by Crippen LogP contribution is -2.49. The standard InChI is InChI=1S/C17H27N4O6/c1-19(2)7-6-18-14(22)12-13(27-16(25)5-4-15(23)24)17(26)21-10-8-20(3)9-11-21/h4-5H,6-12H2,1-3H3,(H,18,22)(H,23,24). The van der Waals surface area contributed by atoms with Crippen molar-refractivity contribution in [3.05, 3.63) is 18.3 Å². The summed E-state index contributed by atoms with van der Waals surface area (Å²) in [5.74, 6) is -3.33. The van der Waals surface area contributed by atoms with Crippen LogP contribution in [0, 0.1) is 6.10 Å².